The van der Waals surface area contributed by atoms with Gasteiger partial charge in [-0.3, -0.25) is 4.79 Å². The van der Waals surface area contributed by atoms with Gasteiger partial charge in [-0.25, -0.2) is 0 Å². The van der Waals surface area contributed by atoms with Crippen LogP contribution >= 0.6 is 0 Å². The van der Waals surface area contributed by atoms with Crippen LogP contribution in [-0.2, 0) is 0 Å². The second kappa shape index (κ2) is 5.63. The van der Waals surface area contributed by atoms with Gasteiger partial charge in [0, 0.05) is 16.7 Å². The molecular weight excluding hydrogens is 312 g/mol. The summed E-state index contributed by atoms with van der Waals surface area (Å²) in [5, 5.41) is 30.4. The van der Waals surface area contributed by atoms with Crippen molar-refractivity contribution in [1.82, 2.24) is 0 Å². The number of aromatic hydroxyl groups is 3. The standard InChI is InChI=1S/C18H18O6/c1-8-16(21)9(2)18-15(17(8)22)13(20)7-14(24-18)11-6-10(23-3)4-5-12(11)19/h4-6,14,19,21-22H,7H2,1-3H3. The van der Waals surface area contributed by atoms with Crippen molar-refractivity contribution >= 4 is 5.78 Å². The summed E-state index contributed by atoms with van der Waals surface area (Å²) in [6, 6.07) is 4.67. The van der Waals surface area contributed by atoms with E-state index in [9.17, 15) is 20.1 Å². The predicted molar refractivity (Wildman–Crippen MR) is 86.2 cm³/mol. The van der Waals surface area contributed by atoms with Crippen molar-refractivity contribution in [2.24, 2.45) is 0 Å². The molecule has 0 amide bonds. The second-order valence-corrected chi connectivity index (χ2v) is 5.81. The number of carbonyl (C=O) groups excluding carboxylic acids is 1. The molecule has 24 heavy (non-hydrogen) atoms. The lowest BCUT2D eigenvalue weighted by Gasteiger charge is -2.29. The lowest BCUT2D eigenvalue weighted by atomic mass is 9.91. The monoisotopic (exact) mass is 330 g/mol. The van der Waals surface area contributed by atoms with E-state index in [1.54, 1.807) is 19.1 Å². The number of ether oxygens (including phenoxy) is 2. The molecule has 3 N–H and O–H groups in total. The summed E-state index contributed by atoms with van der Waals surface area (Å²) in [5.41, 5.74) is 1.10. The summed E-state index contributed by atoms with van der Waals surface area (Å²) < 4.78 is 11.0. The zero-order valence-electron chi connectivity index (χ0n) is 13.6. The molecule has 0 saturated carbocycles. The summed E-state index contributed by atoms with van der Waals surface area (Å²) in [6.07, 6.45) is -0.773. The van der Waals surface area contributed by atoms with E-state index in [4.69, 9.17) is 9.47 Å². The second-order valence-electron chi connectivity index (χ2n) is 5.81. The maximum atomic E-state index is 12.5. The maximum Gasteiger partial charge on any atom is 0.174 e. The van der Waals surface area contributed by atoms with Crippen LogP contribution in [0.1, 0.15) is 39.6 Å². The Balaban J connectivity index is 2.12. The molecule has 1 heterocycles. The van der Waals surface area contributed by atoms with Crippen molar-refractivity contribution in [3.8, 4) is 28.7 Å². The fourth-order valence-corrected chi connectivity index (χ4v) is 2.93. The zero-order valence-corrected chi connectivity index (χ0v) is 13.6. The number of carbonyl (C=O) groups is 1. The van der Waals surface area contributed by atoms with Crippen LogP contribution in [0.15, 0.2) is 18.2 Å². The van der Waals surface area contributed by atoms with E-state index in [1.165, 1.54) is 20.1 Å². The van der Waals surface area contributed by atoms with Gasteiger partial charge < -0.3 is 24.8 Å². The van der Waals surface area contributed by atoms with E-state index in [0.717, 1.165) is 0 Å². The van der Waals surface area contributed by atoms with E-state index in [0.29, 0.717) is 16.9 Å². The van der Waals surface area contributed by atoms with Crippen LogP contribution < -0.4 is 9.47 Å². The molecule has 126 valence electrons. The molecular formula is C18H18O6. The molecule has 0 bridgehead atoms. The third-order valence-corrected chi connectivity index (χ3v) is 4.36. The van der Waals surface area contributed by atoms with E-state index in [2.05, 4.69) is 0 Å². The number of hydrogen-bond acceptors (Lipinski definition) is 6. The molecule has 0 radical (unpaired) electrons. The third-order valence-electron chi connectivity index (χ3n) is 4.36. The predicted octanol–water partition coefficient (Wildman–Crippen LogP) is 3.14. The lowest BCUT2D eigenvalue weighted by Crippen LogP contribution is -2.21. The Bertz CT molecular complexity index is 840. The smallest absolute Gasteiger partial charge is 0.174 e. The molecule has 6 nitrogen and oxygen atoms in total. The number of phenols is 3. The van der Waals surface area contributed by atoms with E-state index < -0.39 is 6.10 Å². The first-order valence-corrected chi connectivity index (χ1v) is 7.47. The van der Waals surface area contributed by atoms with E-state index in [1.807, 2.05) is 0 Å². The van der Waals surface area contributed by atoms with Gasteiger partial charge >= 0.3 is 0 Å². The highest BCUT2D eigenvalue weighted by Crippen LogP contribution is 2.48. The molecule has 1 atom stereocenters. The molecule has 2 aromatic rings. The summed E-state index contributed by atoms with van der Waals surface area (Å²) in [7, 11) is 1.50. The Kier molecular flexibility index (Phi) is 3.75. The number of Topliss-reactive ketones (excluding diaryl/α,β-unsaturated/α-hetero) is 1. The van der Waals surface area contributed by atoms with Crippen molar-refractivity contribution in [2.75, 3.05) is 7.11 Å². The third kappa shape index (κ3) is 2.31. The van der Waals surface area contributed by atoms with Gasteiger partial charge in [0.2, 0.25) is 0 Å². The number of benzene rings is 2. The molecule has 0 saturated heterocycles. The Hall–Kier alpha value is -2.89. The number of rotatable bonds is 2. The van der Waals surface area contributed by atoms with Crippen LogP contribution in [0.25, 0.3) is 0 Å². The SMILES string of the molecule is COc1ccc(O)c(C2CC(=O)c3c(O)c(C)c(O)c(C)c3O2)c1. The minimum Gasteiger partial charge on any atom is -0.508 e. The summed E-state index contributed by atoms with van der Waals surface area (Å²) >= 11 is 0. The van der Waals surface area contributed by atoms with Crippen molar-refractivity contribution in [3.63, 3.8) is 0 Å². The molecule has 0 aliphatic carbocycles. The largest absolute Gasteiger partial charge is 0.508 e. The Morgan fingerprint density at radius 1 is 1.12 bits per heavy atom. The van der Waals surface area contributed by atoms with Crippen LogP contribution in [0.4, 0.5) is 0 Å². The fourth-order valence-electron chi connectivity index (χ4n) is 2.93. The van der Waals surface area contributed by atoms with Crippen LogP contribution in [0.5, 0.6) is 28.7 Å². The first-order valence-electron chi connectivity index (χ1n) is 7.47. The molecule has 1 unspecified atom stereocenters. The van der Waals surface area contributed by atoms with Crippen molar-refractivity contribution in [1.29, 1.82) is 0 Å². The molecule has 1 aliphatic rings. The number of ketones is 1. The summed E-state index contributed by atoms with van der Waals surface area (Å²) in [6.45, 7) is 3.15. The van der Waals surface area contributed by atoms with Gasteiger partial charge in [0.15, 0.2) is 5.78 Å². The fraction of sp³-hybridized carbons (Fsp3) is 0.278. The Labute approximate surface area is 138 Å². The highest BCUT2D eigenvalue weighted by molar-refractivity contribution is 6.03. The number of hydrogen-bond donors (Lipinski definition) is 3. The quantitative estimate of drug-likeness (QED) is 0.783. The Morgan fingerprint density at radius 3 is 2.50 bits per heavy atom. The van der Waals surface area contributed by atoms with E-state index in [-0.39, 0.29) is 46.3 Å². The average Bonchev–Trinajstić information content (AvgIpc) is 2.57. The first kappa shape index (κ1) is 16.0. The van der Waals surface area contributed by atoms with Gasteiger partial charge in [-0.1, -0.05) is 0 Å². The lowest BCUT2D eigenvalue weighted by molar-refractivity contribution is 0.0839. The van der Waals surface area contributed by atoms with Crippen molar-refractivity contribution in [2.45, 2.75) is 26.4 Å². The molecule has 0 fully saturated rings. The van der Waals surface area contributed by atoms with Gasteiger partial charge in [0.05, 0.1) is 13.5 Å². The average molecular weight is 330 g/mol. The minimum atomic E-state index is -0.736. The molecule has 0 spiro atoms. The van der Waals surface area contributed by atoms with Crippen molar-refractivity contribution < 1.29 is 29.6 Å². The highest BCUT2D eigenvalue weighted by atomic mass is 16.5. The molecule has 2 aromatic carbocycles. The van der Waals surface area contributed by atoms with Crippen LogP contribution in [0, 0.1) is 13.8 Å². The number of methoxy groups -OCH3 is 1. The Morgan fingerprint density at radius 2 is 1.83 bits per heavy atom. The van der Waals surface area contributed by atoms with Crippen molar-refractivity contribution in [3.05, 3.63) is 40.5 Å². The summed E-state index contributed by atoms with van der Waals surface area (Å²) in [4.78, 5) is 12.5. The molecule has 0 aromatic heterocycles. The van der Waals surface area contributed by atoms with Gasteiger partial charge in [0.1, 0.15) is 40.4 Å². The van der Waals surface area contributed by atoms with Gasteiger partial charge in [-0.2, -0.15) is 0 Å². The molecule has 6 heteroatoms. The highest BCUT2D eigenvalue weighted by Gasteiger charge is 2.35. The van der Waals surface area contributed by atoms with Gasteiger partial charge in [-0.05, 0) is 32.0 Å². The topological polar surface area (TPSA) is 96.2 Å². The summed E-state index contributed by atoms with van der Waals surface area (Å²) in [5.74, 6) is -0.0570. The van der Waals surface area contributed by atoms with Crippen LogP contribution in [0.3, 0.4) is 0 Å². The van der Waals surface area contributed by atoms with E-state index >= 15 is 0 Å². The minimum absolute atomic E-state index is 0.0183. The van der Waals surface area contributed by atoms with Gasteiger partial charge in [-0.15, -0.1) is 0 Å². The zero-order chi connectivity index (χ0) is 17.6. The molecule has 1 aliphatic heterocycles. The molecule has 3 rings (SSSR count). The maximum absolute atomic E-state index is 12.5. The van der Waals surface area contributed by atoms with Crippen LogP contribution in [0.2, 0.25) is 0 Å². The normalized spacial score (nSPS) is 16.5. The first-order chi connectivity index (χ1) is 11.3. The number of fused-ring (bicyclic) bond motifs is 1. The van der Waals surface area contributed by atoms with Gasteiger partial charge in [0.25, 0.3) is 0 Å². The number of phenolic OH excluding ortho intramolecular Hbond substituents is 3. The van der Waals surface area contributed by atoms with Crippen LogP contribution in [-0.4, -0.2) is 28.2 Å².